The molecule has 0 aliphatic heterocycles. The average Bonchev–Trinajstić information content (AvgIpc) is 4.07. The van der Waals surface area contributed by atoms with Gasteiger partial charge in [0.2, 0.25) is 5.69 Å². The molecule has 12 aromatic rings. The number of nitriles is 5. The van der Waals surface area contributed by atoms with Gasteiger partial charge in [0, 0.05) is 32.7 Å². The summed E-state index contributed by atoms with van der Waals surface area (Å²) in [5.74, 6) is 0. The number of hydrogen-bond donors (Lipinski definition) is 0. The topological polar surface area (TPSA) is 151 Å². The number of aryl methyl sites for hydroxylation is 1. The molecule has 12 nitrogen and oxygen atoms in total. The van der Waals surface area contributed by atoms with E-state index < -0.39 is 0 Å². The second-order valence-corrected chi connectivity index (χ2v) is 19.6. The van der Waals surface area contributed by atoms with Crippen LogP contribution in [0.1, 0.15) is 33.4 Å². The van der Waals surface area contributed by atoms with Crippen LogP contribution in [0.3, 0.4) is 0 Å². The summed E-state index contributed by atoms with van der Waals surface area (Å²) in [5, 5.41) is 54.2. The lowest BCUT2D eigenvalue weighted by Crippen LogP contribution is -2.03. The molecule has 0 atom stereocenters. The Labute approximate surface area is 475 Å². The van der Waals surface area contributed by atoms with Gasteiger partial charge in [-0.25, -0.2) is 24.2 Å². The molecule has 376 valence electrons. The lowest BCUT2D eigenvalue weighted by atomic mass is 9.95. The normalized spacial score (nSPS) is 10.6. The highest BCUT2D eigenvalue weighted by Gasteiger charge is 2.27. The predicted octanol–water partition coefficient (Wildman–Crippen LogP) is 18.6. The van der Waals surface area contributed by atoms with Crippen LogP contribution in [0.15, 0.2) is 176 Å². The highest BCUT2D eigenvalue weighted by Crippen LogP contribution is 2.49. The zero-order chi connectivity index (χ0) is 57.6. The van der Waals surface area contributed by atoms with Gasteiger partial charge < -0.3 is 9.13 Å². The summed E-state index contributed by atoms with van der Waals surface area (Å²) in [4.78, 5) is 19.0. The molecule has 10 aromatic carbocycles. The van der Waals surface area contributed by atoms with Crippen molar-refractivity contribution < 1.29 is 0 Å². The van der Waals surface area contributed by atoms with Crippen molar-refractivity contribution >= 4 is 72.0 Å². The van der Waals surface area contributed by atoms with Gasteiger partial charge in [-0.2, -0.15) is 26.3 Å². The third-order valence-electron chi connectivity index (χ3n) is 15.0. The maximum absolute atomic E-state index is 10.4. The van der Waals surface area contributed by atoms with Gasteiger partial charge in [-0.05, 0) is 159 Å². The number of fused-ring (bicyclic) bond motifs is 6. The second-order valence-electron chi connectivity index (χ2n) is 19.6. The summed E-state index contributed by atoms with van der Waals surface area (Å²) in [6.07, 6.45) is 0. The number of hydrogen-bond acceptors (Lipinski definition) is 5. The fourth-order valence-corrected chi connectivity index (χ4v) is 11.3. The first-order valence-electron chi connectivity index (χ1n) is 25.5. The minimum Gasteiger partial charge on any atom is -0.319 e. The molecule has 2 heterocycles. The molecule has 0 spiro atoms. The quantitative estimate of drug-likeness (QED) is 0.146. The van der Waals surface area contributed by atoms with Gasteiger partial charge in [0.25, 0.3) is 0 Å². The standard InChI is InChI=1S/C71H32N12/c1-41-25-43(37-73)28-48(26-41)59-19-24-69(82-65-20-8-44(55-15-7-42(36-72)27-49(55)38-74)31-60(65)61-32-45(9-21-66(61)82)56-16-12-52(77-2)29-50(56)39-75)70(81-6)71(59)83-67-22-10-46(57-17-13-53(78-3)30-51(57)40-76)33-62(67)63-34-47(11-23-68(63)83)58-18-14-54(79-4)35-64(58)80-5/h7-35H,1H3. The maximum Gasteiger partial charge on any atom is 0.234 e. The van der Waals surface area contributed by atoms with Crippen molar-refractivity contribution in [3.8, 4) is 97.4 Å². The molecule has 0 amide bonds. The SMILES string of the molecule is [C-]#[N+]c1ccc(-c2ccc3c(c2)c2cc(-c4ccc(C#N)cc4C#N)ccc2n3-c2ccc(-c3cc(C)cc(C#N)c3)c(-n3c4ccc(-c5ccc([N+]#[C-])cc5C#N)cc4c4cc(-c5ccc([N+]#[C-])cc5[N+]#[C-])ccc43)c2[N+]#[C-])c(C#N)c1. The number of aromatic nitrogens is 2. The summed E-state index contributed by atoms with van der Waals surface area (Å²) in [7, 11) is 0. The first-order valence-corrected chi connectivity index (χ1v) is 25.5. The third kappa shape index (κ3) is 8.32. The summed E-state index contributed by atoms with van der Waals surface area (Å²) in [5.41, 5.74) is 14.5. The van der Waals surface area contributed by atoms with E-state index >= 15 is 0 Å². The van der Waals surface area contributed by atoms with Crippen LogP contribution in [-0.4, -0.2) is 9.13 Å². The molecule has 0 aliphatic carbocycles. The van der Waals surface area contributed by atoms with Crippen molar-refractivity contribution in [3.63, 3.8) is 0 Å². The van der Waals surface area contributed by atoms with Crippen molar-refractivity contribution in [2.75, 3.05) is 0 Å². The molecule has 0 bridgehead atoms. The van der Waals surface area contributed by atoms with Crippen LogP contribution >= 0.6 is 0 Å². The Morgan fingerprint density at radius 2 is 0.771 bits per heavy atom. The molecular formula is C71H32N12. The fraction of sp³-hybridized carbons (Fsp3) is 0.0141. The second kappa shape index (κ2) is 20.2. The Bertz CT molecular complexity index is 5100. The van der Waals surface area contributed by atoms with E-state index in [0.29, 0.717) is 140 Å². The molecule has 83 heavy (non-hydrogen) atoms. The molecule has 0 fully saturated rings. The van der Waals surface area contributed by atoms with Crippen molar-refractivity contribution in [2.24, 2.45) is 0 Å². The minimum absolute atomic E-state index is 0.244. The highest BCUT2D eigenvalue weighted by atomic mass is 15.1. The van der Waals surface area contributed by atoms with E-state index in [0.717, 1.165) is 27.1 Å². The molecular weight excluding hydrogens is 1020 g/mol. The fourth-order valence-electron chi connectivity index (χ4n) is 11.3. The molecule has 0 saturated carbocycles. The molecule has 0 aliphatic rings. The van der Waals surface area contributed by atoms with Crippen LogP contribution in [0.4, 0.5) is 28.4 Å². The van der Waals surface area contributed by atoms with Gasteiger partial charge in [-0.15, -0.1) is 0 Å². The van der Waals surface area contributed by atoms with Gasteiger partial charge >= 0.3 is 0 Å². The van der Waals surface area contributed by atoms with Crippen molar-refractivity contribution in [2.45, 2.75) is 6.92 Å². The van der Waals surface area contributed by atoms with Crippen molar-refractivity contribution in [3.05, 3.63) is 266 Å². The third-order valence-corrected chi connectivity index (χ3v) is 15.0. The van der Waals surface area contributed by atoms with E-state index in [2.05, 4.69) is 59.1 Å². The number of rotatable bonds is 7. The van der Waals surface area contributed by atoms with Crippen LogP contribution in [0.2, 0.25) is 0 Å². The van der Waals surface area contributed by atoms with E-state index in [-0.39, 0.29) is 5.69 Å². The molecule has 0 unspecified atom stereocenters. The van der Waals surface area contributed by atoms with Crippen LogP contribution in [0.5, 0.6) is 0 Å². The maximum atomic E-state index is 10.4. The predicted molar refractivity (Wildman–Crippen MR) is 322 cm³/mol. The number of nitrogens with zero attached hydrogens (tertiary/aromatic N) is 12. The molecule has 0 saturated heterocycles. The van der Waals surface area contributed by atoms with E-state index in [9.17, 15) is 32.9 Å². The first-order chi connectivity index (χ1) is 40.6. The smallest absolute Gasteiger partial charge is 0.234 e. The highest BCUT2D eigenvalue weighted by molar-refractivity contribution is 6.15. The summed E-state index contributed by atoms with van der Waals surface area (Å²) in [6, 6.07) is 64.1. The summed E-state index contributed by atoms with van der Waals surface area (Å²) in [6.45, 7) is 42.3. The first kappa shape index (κ1) is 50.5. The molecule has 12 rings (SSSR count). The largest absolute Gasteiger partial charge is 0.319 e. The van der Waals surface area contributed by atoms with Crippen molar-refractivity contribution in [1.29, 1.82) is 26.3 Å². The molecule has 2 aromatic heterocycles. The Balaban J connectivity index is 1.20. The zero-order valence-electron chi connectivity index (χ0n) is 43.6. The average molecular weight is 1050 g/mol. The van der Waals surface area contributed by atoms with E-state index in [1.807, 2.05) is 102 Å². The van der Waals surface area contributed by atoms with Gasteiger partial charge in [0.1, 0.15) is 0 Å². The van der Waals surface area contributed by atoms with Gasteiger partial charge in [-0.3, -0.25) is 0 Å². The van der Waals surface area contributed by atoms with Crippen LogP contribution in [0.25, 0.3) is 135 Å². The minimum atomic E-state index is 0.244. The molecule has 12 heteroatoms. The molecule has 0 radical (unpaired) electrons. The van der Waals surface area contributed by atoms with E-state index in [4.69, 9.17) is 26.3 Å². The van der Waals surface area contributed by atoms with E-state index in [1.165, 1.54) is 0 Å². The van der Waals surface area contributed by atoms with Crippen LogP contribution in [0, 0.1) is 96.4 Å². The van der Waals surface area contributed by atoms with Crippen LogP contribution < -0.4 is 0 Å². The Morgan fingerprint density at radius 1 is 0.337 bits per heavy atom. The van der Waals surface area contributed by atoms with Gasteiger partial charge in [0.05, 0.1) is 113 Å². The Hall–Kier alpha value is -13.3. The zero-order valence-corrected chi connectivity index (χ0v) is 43.6. The Kier molecular flexibility index (Phi) is 12.3. The van der Waals surface area contributed by atoms with Gasteiger partial charge in [0.15, 0.2) is 22.7 Å². The van der Waals surface area contributed by atoms with Crippen molar-refractivity contribution in [1.82, 2.24) is 9.13 Å². The monoisotopic (exact) mass is 1050 g/mol. The lowest BCUT2D eigenvalue weighted by molar-refractivity contribution is 1.14. The van der Waals surface area contributed by atoms with Crippen LogP contribution in [-0.2, 0) is 0 Å². The Morgan fingerprint density at radius 3 is 1.23 bits per heavy atom. The van der Waals surface area contributed by atoms with Gasteiger partial charge in [-0.1, -0.05) is 84.9 Å². The molecule has 0 N–H and O–H groups in total. The van der Waals surface area contributed by atoms with E-state index in [1.54, 1.807) is 84.9 Å². The summed E-state index contributed by atoms with van der Waals surface area (Å²) >= 11 is 0. The number of benzene rings is 10. The summed E-state index contributed by atoms with van der Waals surface area (Å²) < 4.78 is 4.09. The lowest BCUT2D eigenvalue weighted by Gasteiger charge is -2.21.